The third-order valence-corrected chi connectivity index (χ3v) is 2.98. The molecule has 0 fully saturated rings. The van der Waals surface area contributed by atoms with E-state index in [9.17, 15) is 4.79 Å². The van der Waals surface area contributed by atoms with Gasteiger partial charge in [0.1, 0.15) is 0 Å². The normalized spacial score (nSPS) is 9.80. The summed E-state index contributed by atoms with van der Waals surface area (Å²) in [4.78, 5) is 16.0. The Bertz CT molecular complexity index is 718. The van der Waals surface area contributed by atoms with Crippen LogP contribution in [-0.2, 0) is 11.8 Å². The summed E-state index contributed by atoms with van der Waals surface area (Å²) in [6.45, 7) is 3.79. The number of aryl methyl sites for hydroxylation is 2. The fourth-order valence-corrected chi connectivity index (χ4v) is 1.98. The highest BCUT2D eigenvalue weighted by Gasteiger charge is 2.17. The van der Waals surface area contributed by atoms with Crippen LogP contribution in [0.15, 0.2) is 24.3 Å². The smallest absolute Gasteiger partial charge is 0.356 e. The van der Waals surface area contributed by atoms with Crippen LogP contribution in [0.1, 0.15) is 33.1 Å². The standard InChI is InChI=1S/C16H16N2O2/c1-11-6-5-7-13(10-11)8-9-14-17-12(2)15(18(14)3)16(19)20-4/h5-7,10H,1-4H3. The lowest BCUT2D eigenvalue weighted by Gasteiger charge is -2.01. The lowest BCUT2D eigenvalue weighted by molar-refractivity contribution is 0.0589. The Balaban J connectivity index is 2.39. The molecule has 0 N–H and O–H groups in total. The van der Waals surface area contributed by atoms with Gasteiger partial charge in [0.25, 0.3) is 0 Å². The first-order valence-electron chi connectivity index (χ1n) is 6.23. The molecule has 0 amide bonds. The van der Waals surface area contributed by atoms with E-state index in [1.54, 1.807) is 18.5 Å². The van der Waals surface area contributed by atoms with E-state index in [0.717, 1.165) is 11.1 Å². The molecule has 0 saturated heterocycles. The molecule has 2 rings (SSSR count). The Morgan fingerprint density at radius 3 is 2.70 bits per heavy atom. The molecule has 0 saturated carbocycles. The monoisotopic (exact) mass is 268 g/mol. The van der Waals surface area contributed by atoms with Crippen molar-refractivity contribution in [3.8, 4) is 11.8 Å². The lowest BCUT2D eigenvalue weighted by Crippen LogP contribution is -2.09. The Hall–Kier alpha value is -2.54. The van der Waals surface area contributed by atoms with Crippen molar-refractivity contribution in [1.82, 2.24) is 9.55 Å². The van der Waals surface area contributed by atoms with Crippen LogP contribution in [0.4, 0.5) is 0 Å². The molecule has 1 aromatic carbocycles. The summed E-state index contributed by atoms with van der Waals surface area (Å²) in [5.74, 6) is 6.19. The highest BCUT2D eigenvalue weighted by atomic mass is 16.5. The number of nitrogens with zero attached hydrogens (tertiary/aromatic N) is 2. The highest BCUT2D eigenvalue weighted by molar-refractivity contribution is 5.89. The SMILES string of the molecule is COC(=O)c1c(C)nc(C#Cc2cccc(C)c2)n1C. The van der Waals surface area contributed by atoms with Gasteiger partial charge in [0, 0.05) is 12.6 Å². The van der Waals surface area contributed by atoms with E-state index in [-0.39, 0.29) is 0 Å². The van der Waals surface area contributed by atoms with Crippen LogP contribution >= 0.6 is 0 Å². The van der Waals surface area contributed by atoms with Gasteiger partial charge in [-0.15, -0.1) is 0 Å². The second-order valence-corrected chi connectivity index (χ2v) is 4.54. The molecule has 0 radical (unpaired) electrons. The van der Waals surface area contributed by atoms with Gasteiger partial charge < -0.3 is 9.30 Å². The number of esters is 1. The topological polar surface area (TPSA) is 44.1 Å². The zero-order chi connectivity index (χ0) is 14.7. The highest BCUT2D eigenvalue weighted by Crippen LogP contribution is 2.10. The summed E-state index contributed by atoms with van der Waals surface area (Å²) >= 11 is 0. The van der Waals surface area contributed by atoms with Gasteiger partial charge in [-0.2, -0.15) is 0 Å². The minimum atomic E-state index is -0.402. The number of carbonyl (C=O) groups is 1. The number of hydrogen-bond acceptors (Lipinski definition) is 3. The third-order valence-electron chi connectivity index (χ3n) is 2.98. The molecule has 0 aliphatic carbocycles. The van der Waals surface area contributed by atoms with E-state index >= 15 is 0 Å². The first-order chi connectivity index (χ1) is 9.52. The Morgan fingerprint density at radius 1 is 1.30 bits per heavy atom. The van der Waals surface area contributed by atoms with E-state index in [1.807, 2.05) is 31.2 Å². The molecule has 1 aromatic heterocycles. The van der Waals surface area contributed by atoms with Gasteiger partial charge in [0.05, 0.1) is 12.8 Å². The Kier molecular flexibility index (Phi) is 3.90. The maximum atomic E-state index is 11.7. The second kappa shape index (κ2) is 5.62. The molecule has 4 heteroatoms. The van der Waals surface area contributed by atoms with Crippen LogP contribution in [0.2, 0.25) is 0 Å². The first-order valence-corrected chi connectivity index (χ1v) is 6.23. The fraction of sp³-hybridized carbons (Fsp3) is 0.250. The summed E-state index contributed by atoms with van der Waals surface area (Å²) in [6.07, 6.45) is 0. The lowest BCUT2D eigenvalue weighted by atomic mass is 10.1. The van der Waals surface area contributed by atoms with Gasteiger partial charge in [-0.1, -0.05) is 18.1 Å². The second-order valence-electron chi connectivity index (χ2n) is 4.54. The molecule has 0 bridgehead atoms. The molecule has 0 unspecified atom stereocenters. The van der Waals surface area contributed by atoms with Crippen molar-refractivity contribution in [2.45, 2.75) is 13.8 Å². The van der Waals surface area contributed by atoms with Crippen LogP contribution < -0.4 is 0 Å². The Morgan fingerprint density at radius 2 is 2.05 bits per heavy atom. The fourth-order valence-electron chi connectivity index (χ4n) is 1.98. The van der Waals surface area contributed by atoms with Gasteiger partial charge in [-0.05, 0) is 37.5 Å². The van der Waals surface area contributed by atoms with Crippen LogP contribution in [-0.4, -0.2) is 22.6 Å². The van der Waals surface area contributed by atoms with Gasteiger partial charge in [0.15, 0.2) is 11.5 Å². The van der Waals surface area contributed by atoms with Crippen molar-refractivity contribution in [3.05, 3.63) is 52.6 Å². The maximum absolute atomic E-state index is 11.7. The van der Waals surface area contributed by atoms with E-state index in [2.05, 4.69) is 16.8 Å². The molecular formula is C16H16N2O2. The predicted octanol–water partition coefficient (Wildman–Crippen LogP) is 2.22. The van der Waals surface area contributed by atoms with Crippen LogP contribution in [0.5, 0.6) is 0 Å². The number of hydrogen-bond donors (Lipinski definition) is 0. The summed E-state index contributed by atoms with van der Waals surface area (Å²) < 4.78 is 6.40. The van der Waals surface area contributed by atoms with Gasteiger partial charge >= 0.3 is 5.97 Å². The number of rotatable bonds is 1. The molecule has 20 heavy (non-hydrogen) atoms. The largest absolute Gasteiger partial charge is 0.464 e. The van der Waals surface area contributed by atoms with Gasteiger partial charge in [-0.25, -0.2) is 9.78 Å². The molecule has 4 nitrogen and oxygen atoms in total. The molecular weight excluding hydrogens is 252 g/mol. The van der Waals surface area contributed by atoms with Crippen molar-refractivity contribution in [2.24, 2.45) is 7.05 Å². The molecule has 0 atom stereocenters. The maximum Gasteiger partial charge on any atom is 0.356 e. The van der Waals surface area contributed by atoms with Crippen molar-refractivity contribution in [1.29, 1.82) is 0 Å². The van der Waals surface area contributed by atoms with Gasteiger partial charge in [0.2, 0.25) is 0 Å². The zero-order valence-corrected chi connectivity index (χ0v) is 12.0. The van der Waals surface area contributed by atoms with Crippen molar-refractivity contribution < 1.29 is 9.53 Å². The zero-order valence-electron chi connectivity index (χ0n) is 12.0. The molecule has 0 spiro atoms. The molecule has 0 aliphatic rings. The molecule has 102 valence electrons. The summed E-state index contributed by atoms with van der Waals surface area (Å²) in [6, 6.07) is 7.93. The van der Waals surface area contributed by atoms with Crippen molar-refractivity contribution in [3.63, 3.8) is 0 Å². The third kappa shape index (κ3) is 2.72. The van der Waals surface area contributed by atoms with Crippen LogP contribution in [0, 0.1) is 25.7 Å². The summed E-state index contributed by atoms with van der Waals surface area (Å²) in [5, 5.41) is 0. The van der Waals surface area contributed by atoms with Crippen LogP contribution in [0.25, 0.3) is 0 Å². The summed E-state index contributed by atoms with van der Waals surface area (Å²) in [5.41, 5.74) is 3.13. The number of imidazole rings is 1. The van der Waals surface area contributed by atoms with Crippen molar-refractivity contribution >= 4 is 5.97 Å². The quantitative estimate of drug-likeness (QED) is 0.588. The number of methoxy groups -OCH3 is 1. The van der Waals surface area contributed by atoms with E-state index in [0.29, 0.717) is 17.2 Å². The van der Waals surface area contributed by atoms with Crippen molar-refractivity contribution in [2.75, 3.05) is 7.11 Å². The number of ether oxygens (including phenoxy) is 1. The van der Waals surface area contributed by atoms with Crippen LogP contribution in [0.3, 0.4) is 0 Å². The number of carbonyl (C=O) groups excluding carboxylic acids is 1. The average molecular weight is 268 g/mol. The minimum absolute atomic E-state index is 0.402. The number of benzene rings is 1. The van der Waals surface area contributed by atoms with E-state index in [1.165, 1.54) is 7.11 Å². The number of aromatic nitrogens is 2. The van der Waals surface area contributed by atoms with E-state index in [4.69, 9.17) is 4.74 Å². The molecule has 1 heterocycles. The molecule has 0 aliphatic heterocycles. The van der Waals surface area contributed by atoms with E-state index < -0.39 is 5.97 Å². The van der Waals surface area contributed by atoms with Gasteiger partial charge in [-0.3, -0.25) is 0 Å². The molecule has 2 aromatic rings. The average Bonchev–Trinajstić information content (AvgIpc) is 2.70. The Labute approximate surface area is 118 Å². The summed E-state index contributed by atoms with van der Waals surface area (Å²) in [7, 11) is 3.11. The first kappa shape index (κ1) is 13.9. The predicted molar refractivity (Wildman–Crippen MR) is 76.4 cm³/mol. The minimum Gasteiger partial charge on any atom is -0.464 e.